The number of carbonyl (C=O) groups is 4. The summed E-state index contributed by atoms with van der Waals surface area (Å²) in [6.07, 6.45) is 1.82. The van der Waals surface area contributed by atoms with E-state index >= 15 is 0 Å². The molecule has 2 heterocycles. The Balaban J connectivity index is 1.88. The number of likely N-dealkylation sites (tertiary alicyclic amines) is 2. The monoisotopic (exact) mass is 389 g/mol. The van der Waals surface area contributed by atoms with Crippen LogP contribution in [-0.4, -0.2) is 59.5 Å². The Bertz CT molecular complexity index is 807. The molecule has 4 rings (SSSR count). The highest BCUT2D eigenvalue weighted by Crippen LogP contribution is 2.70. The van der Waals surface area contributed by atoms with E-state index in [1.54, 1.807) is 19.0 Å². The van der Waals surface area contributed by atoms with Crippen LogP contribution in [0.25, 0.3) is 0 Å². The van der Waals surface area contributed by atoms with Crippen molar-refractivity contribution >= 4 is 23.5 Å². The summed E-state index contributed by atoms with van der Waals surface area (Å²) in [4.78, 5) is 54.6. The van der Waals surface area contributed by atoms with Crippen molar-refractivity contribution in [3.8, 4) is 0 Å². The van der Waals surface area contributed by atoms with E-state index in [2.05, 4.69) is 13.8 Å². The van der Waals surface area contributed by atoms with E-state index in [1.165, 1.54) is 4.90 Å². The number of piperidine rings is 1. The number of likely N-dealkylation sites (N-methyl/N-ethyl adjacent to an activating group) is 1. The van der Waals surface area contributed by atoms with Gasteiger partial charge < -0.3 is 10.6 Å². The second kappa shape index (κ2) is 5.43. The lowest BCUT2D eigenvalue weighted by Gasteiger charge is -2.56. The molecule has 7 nitrogen and oxygen atoms in total. The van der Waals surface area contributed by atoms with Gasteiger partial charge in [0.15, 0.2) is 0 Å². The van der Waals surface area contributed by atoms with E-state index in [1.807, 2.05) is 6.92 Å². The molecule has 3 amide bonds. The third-order valence-electron chi connectivity index (χ3n) is 9.21. The van der Waals surface area contributed by atoms with Gasteiger partial charge in [-0.1, -0.05) is 20.8 Å². The van der Waals surface area contributed by atoms with Gasteiger partial charge in [0, 0.05) is 39.9 Å². The first-order valence-electron chi connectivity index (χ1n) is 10.2. The highest BCUT2D eigenvalue weighted by Gasteiger charge is 2.76. The summed E-state index contributed by atoms with van der Waals surface area (Å²) in [5, 5.41) is 0. The lowest BCUT2D eigenvalue weighted by Crippen LogP contribution is -2.67. The Labute approximate surface area is 166 Å². The minimum absolute atomic E-state index is 0.0227. The molecule has 28 heavy (non-hydrogen) atoms. The quantitative estimate of drug-likeness (QED) is 0.673. The van der Waals surface area contributed by atoms with Gasteiger partial charge in [-0.2, -0.15) is 0 Å². The SMILES string of the molecule is C[C@H]1CC(=O)C[C@]12C[C@H]1C(C)(C)[C@@]3(CC(=O)N(C)C3=O)C[C@]1(CN)N(C)C2=O. The maximum atomic E-state index is 13.6. The summed E-state index contributed by atoms with van der Waals surface area (Å²) in [6, 6.07) is 0. The summed E-state index contributed by atoms with van der Waals surface area (Å²) in [6.45, 7) is 6.34. The van der Waals surface area contributed by atoms with Crippen LogP contribution in [0.15, 0.2) is 0 Å². The third-order valence-corrected chi connectivity index (χ3v) is 9.21. The van der Waals surface area contributed by atoms with Gasteiger partial charge in [0.25, 0.3) is 0 Å². The number of hydrogen-bond acceptors (Lipinski definition) is 5. The zero-order chi connectivity index (χ0) is 20.9. The van der Waals surface area contributed by atoms with E-state index in [0.717, 1.165) is 0 Å². The van der Waals surface area contributed by atoms with Crippen molar-refractivity contribution < 1.29 is 19.2 Å². The van der Waals surface area contributed by atoms with Gasteiger partial charge in [0.1, 0.15) is 5.78 Å². The largest absolute Gasteiger partial charge is 0.338 e. The van der Waals surface area contributed by atoms with Crippen molar-refractivity contribution in [1.82, 2.24) is 9.80 Å². The molecule has 5 atom stereocenters. The van der Waals surface area contributed by atoms with Gasteiger partial charge in [-0.05, 0) is 30.1 Å². The second-order valence-electron chi connectivity index (χ2n) is 10.3. The Morgan fingerprint density at radius 3 is 2.18 bits per heavy atom. The number of nitrogens with zero attached hydrogens (tertiary/aromatic N) is 2. The van der Waals surface area contributed by atoms with Crippen LogP contribution in [0.5, 0.6) is 0 Å². The molecule has 154 valence electrons. The zero-order valence-electron chi connectivity index (χ0n) is 17.5. The van der Waals surface area contributed by atoms with Gasteiger partial charge in [0.2, 0.25) is 17.7 Å². The maximum absolute atomic E-state index is 13.6. The van der Waals surface area contributed by atoms with Crippen molar-refractivity contribution in [2.45, 2.75) is 58.4 Å². The molecule has 2 N–H and O–H groups in total. The molecule has 2 aliphatic heterocycles. The van der Waals surface area contributed by atoms with Crippen molar-refractivity contribution in [3.05, 3.63) is 0 Å². The van der Waals surface area contributed by atoms with E-state index < -0.39 is 21.8 Å². The smallest absolute Gasteiger partial charge is 0.236 e. The van der Waals surface area contributed by atoms with Crippen molar-refractivity contribution in [2.24, 2.45) is 33.8 Å². The summed E-state index contributed by atoms with van der Waals surface area (Å²) in [5.41, 5.74) is 3.55. The van der Waals surface area contributed by atoms with Crippen LogP contribution in [0.1, 0.15) is 52.9 Å². The number of Topliss-reactive ketones (excluding diaryl/α,β-unsaturated/α-hetero) is 1. The predicted molar refractivity (Wildman–Crippen MR) is 102 cm³/mol. The molecule has 0 radical (unpaired) electrons. The number of nitrogens with two attached hydrogens (primary N) is 1. The molecule has 0 unspecified atom stereocenters. The normalized spacial score (nSPS) is 45.1. The molecule has 0 bridgehead atoms. The molecule has 0 aromatic heterocycles. The number of hydrogen-bond donors (Lipinski definition) is 1. The van der Waals surface area contributed by atoms with E-state index in [9.17, 15) is 19.2 Å². The molecule has 2 saturated carbocycles. The Morgan fingerprint density at radius 2 is 1.71 bits per heavy atom. The number of fused-ring (bicyclic) bond motifs is 1. The summed E-state index contributed by atoms with van der Waals surface area (Å²) in [5.74, 6) is -0.296. The molecule has 0 aromatic rings. The standard InChI is InChI=1S/C21H31N3O4/c1-12-6-13(25)7-19(12)8-14-18(2,3)20(9-15(26)23(4)17(20)28)10-21(14,11-22)24(5)16(19)27/h12,14H,6-11,22H2,1-5H3/t12-,14-,19-,20-,21+/m0/s1. The molecule has 2 saturated heterocycles. The minimum atomic E-state index is -0.852. The molecule has 2 aliphatic carbocycles. The fraction of sp³-hybridized carbons (Fsp3) is 0.810. The van der Waals surface area contributed by atoms with Crippen LogP contribution in [0.2, 0.25) is 0 Å². The van der Waals surface area contributed by atoms with Crippen molar-refractivity contribution in [2.75, 3.05) is 20.6 Å². The number of carbonyl (C=O) groups excluding carboxylic acids is 4. The van der Waals surface area contributed by atoms with Crippen molar-refractivity contribution in [1.29, 1.82) is 0 Å². The van der Waals surface area contributed by atoms with Gasteiger partial charge in [0.05, 0.1) is 16.4 Å². The van der Waals surface area contributed by atoms with E-state index in [4.69, 9.17) is 5.73 Å². The van der Waals surface area contributed by atoms with Crippen LogP contribution in [0.4, 0.5) is 0 Å². The minimum Gasteiger partial charge on any atom is -0.338 e. The number of ketones is 1. The van der Waals surface area contributed by atoms with Gasteiger partial charge in [-0.3, -0.25) is 24.1 Å². The van der Waals surface area contributed by atoms with Gasteiger partial charge in [-0.25, -0.2) is 0 Å². The molecule has 0 aromatic carbocycles. The van der Waals surface area contributed by atoms with E-state index in [0.29, 0.717) is 19.3 Å². The third kappa shape index (κ3) is 1.89. The lowest BCUT2D eigenvalue weighted by atomic mass is 9.56. The number of rotatable bonds is 1. The maximum Gasteiger partial charge on any atom is 0.236 e. The highest BCUT2D eigenvalue weighted by molar-refractivity contribution is 6.06. The van der Waals surface area contributed by atoms with Crippen LogP contribution in [-0.2, 0) is 19.2 Å². The fourth-order valence-electron chi connectivity index (χ4n) is 7.24. The van der Waals surface area contributed by atoms with Gasteiger partial charge in [-0.15, -0.1) is 0 Å². The molecule has 4 fully saturated rings. The number of imide groups is 1. The second-order valence-corrected chi connectivity index (χ2v) is 10.3. The van der Waals surface area contributed by atoms with Crippen LogP contribution in [0, 0.1) is 28.1 Å². The Kier molecular flexibility index (Phi) is 3.79. The zero-order valence-corrected chi connectivity index (χ0v) is 17.5. The first-order chi connectivity index (χ1) is 12.9. The molecule has 2 spiro atoms. The summed E-state index contributed by atoms with van der Waals surface area (Å²) >= 11 is 0. The summed E-state index contributed by atoms with van der Waals surface area (Å²) < 4.78 is 0. The molecule has 4 aliphatic rings. The average Bonchev–Trinajstić information content (AvgIpc) is 3.11. The summed E-state index contributed by atoms with van der Waals surface area (Å²) in [7, 11) is 3.32. The van der Waals surface area contributed by atoms with E-state index in [-0.39, 0.29) is 54.7 Å². The fourth-order valence-corrected chi connectivity index (χ4v) is 7.24. The van der Waals surface area contributed by atoms with Crippen LogP contribution >= 0.6 is 0 Å². The number of amides is 3. The molecular weight excluding hydrogens is 358 g/mol. The topological polar surface area (TPSA) is 101 Å². The van der Waals surface area contributed by atoms with Crippen LogP contribution in [0.3, 0.4) is 0 Å². The van der Waals surface area contributed by atoms with Gasteiger partial charge >= 0.3 is 0 Å². The predicted octanol–water partition coefficient (Wildman–Crippen LogP) is 0.953. The first-order valence-corrected chi connectivity index (χ1v) is 10.2. The average molecular weight is 389 g/mol. The lowest BCUT2D eigenvalue weighted by molar-refractivity contribution is -0.165. The van der Waals surface area contributed by atoms with Crippen molar-refractivity contribution in [3.63, 3.8) is 0 Å². The molecular formula is C21H31N3O4. The Morgan fingerprint density at radius 1 is 1.07 bits per heavy atom. The Hall–Kier alpha value is -1.76. The molecule has 7 heteroatoms. The van der Waals surface area contributed by atoms with Crippen LogP contribution < -0.4 is 5.73 Å². The highest BCUT2D eigenvalue weighted by atomic mass is 16.2. The first kappa shape index (κ1) is 19.6.